The van der Waals surface area contributed by atoms with Gasteiger partial charge in [-0.05, 0) is 30.5 Å². The summed E-state index contributed by atoms with van der Waals surface area (Å²) in [5, 5.41) is 8.71. The Morgan fingerprint density at radius 3 is 2.81 bits per heavy atom. The Morgan fingerprint density at radius 2 is 2.31 bits per heavy atom. The maximum Gasteiger partial charge on any atom is 0.338 e. The third-order valence-corrected chi connectivity index (χ3v) is 2.97. The van der Waals surface area contributed by atoms with Crippen LogP contribution < -0.4 is 4.90 Å². The van der Waals surface area contributed by atoms with Crippen LogP contribution in [0, 0.1) is 11.7 Å². The van der Waals surface area contributed by atoms with Gasteiger partial charge in [0, 0.05) is 18.8 Å². The monoisotopic (exact) mass is 223 g/mol. The van der Waals surface area contributed by atoms with Gasteiger partial charge in [0.15, 0.2) is 0 Å². The highest BCUT2D eigenvalue weighted by atomic mass is 19.1. The summed E-state index contributed by atoms with van der Waals surface area (Å²) in [6, 6.07) is 4.31. The van der Waals surface area contributed by atoms with Crippen LogP contribution in [0.1, 0.15) is 23.7 Å². The van der Waals surface area contributed by atoms with Crippen LogP contribution in [0.4, 0.5) is 10.1 Å². The molecule has 0 spiro atoms. The first-order valence-electron chi connectivity index (χ1n) is 5.35. The van der Waals surface area contributed by atoms with Crippen LogP contribution in [-0.4, -0.2) is 24.2 Å². The van der Waals surface area contributed by atoms with Gasteiger partial charge in [0.05, 0.1) is 5.56 Å². The fourth-order valence-electron chi connectivity index (χ4n) is 2.04. The molecule has 1 saturated heterocycles. The summed E-state index contributed by atoms with van der Waals surface area (Å²) in [6.07, 6.45) is 1.10. The normalized spacial score (nSPS) is 20.1. The van der Waals surface area contributed by atoms with E-state index >= 15 is 0 Å². The van der Waals surface area contributed by atoms with E-state index in [4.69, 9.17) is 5.11 Å². The summed E-state index contributed by atoms with van der Waals surface area (Å²) in [7, 11) is 0. The standard InChI is InChI=1S/C12H14FNO2/c1-8-4-5-14(7-8)9-2-3-10(12(15)16)11(13)6-9/h2-3,6,8H,4-5,7H2,1H3,(H,15,16). The van der Waals surface area contributed by atoms with E-state index in [-0.39, 0.29) is 5.56 Å². The van der Waals surface area contributed by atoms with E-state index < -0.39 is 11.8 Å². The van der Waals surface area contributed by atoms with E-state index in [1.54, 1.807) is 6.07 Å². The summed E-state index contributed by atoms with van der Waals surface area (Å²) in [4.78, 5) is 12.7. The van der Waals surface area contributed by atoms with Crippen molar-refractivity contribution < 1.29 is 14.3 Å². The molecule has 1 N–H and O–H groups in total. The Kier molecular flexibility index (Phi) is 2.81. The highest BCUT2D eigenvalue weighted by molar-refractivity contribution is 5.88. The maximum absolute atomic E-state index is 13.4. The van der Waals surface area contributed by atoms with E-state index in [0.29, 0.717) is 5.92 Å². The Balaban J connectivity index is 2.24. The number of carbonyl (C=O) groups is 1. The van der Waals surface area contributed by atoms with Crippen LogP contribution in [0.3, 0.4) is 0 Å². The van der Waals surface area contributed by atoms with Gasteiger partial charge in [-0.2, -0.15) is 0 Å². The van der Waals surface area contributed by atoms with Crippen LogP contribution >= 0.6 is 0 Å². The molecule has 3 nitrogen and oxygen atoms in total. The summed E-state index contributed by atoms with van der Waals surface area (Å²) < 4.78 is 13.4. The molecule has 0 bridgehead atoms. The average Bonchev–Trinajstić information content (AvgIpc) is 2.64. The molecule has 0 aliphatic carbocycles. The molecule has 1 unspecified atom stereocenters. The van der Waals surface area contributed by atoms with Gasteiger partial charge in [-0.25, -0.2) is 9.18 Å². The Bertz CT molecular complexity index is 419. The van der Waals surface area contributed by atoms with Crippen molar-refractivity contribution in [1.82, 2.24) is 0 Å². The van der Waals surface area contributed by atoms with Crippen LogP contribution in [0.15, 0.2) is 18.2 Å². The second kappa shape index (κ2) is 4.12. The number of carboxylic acids is 1. The fourth-order valence-corrected chi connectivity index (χ4v) is 2.04. The summed E-state index contributed by atoms with van der Waals surface area (Å²) in [5.41, 5.74) is 0.503. The minimum Gasteiger partial charge on any atom is -0.478 e. The second-order valence-electron chi connectivity index (χ2n) is 4.31. The van der Waals surface area contributed by atoms with E-state index in [9.17, 15) is 9.18 Å². The molecule has 0 amide bonds. The van der Waals surface area contributed by atoms with Crippen molar-refractivity contribution in [3.8, 4) is 0 Å². The van der Waals surface area contributed by atoms with Gasteiger partial charge in [-0.1, -0.05) is 6.92 Å². The van der Waals surface area contributed by atoms with Crippen LogP contribution in [0.25, 0.3) is 0 Å². The number of halogens is 1. The lowest BCUT2D eigenvalue weighted by Gasteiger charge is -2.18. The molecule has 2 rings (SSSR count). The smallest absolute Gasteiger partial charge is 0.338 e. The summed E-state index contributed by atoms with van der Waals surface area (Å²) in [5.74, 6) is -1.27. The van der Waals surface area contributed by atoms with Gasteiger partial charge in [0.1, 0.15) is 5.82 Å². The number of carboxylic acid groups (broad SMARTS) is 1. The number of benzene rings is 1. The Morgan fingerprint density at radius 1 is 1.56 bits per heavy atom. The molecule has 1 aromatic carbocycles. The molecular formula is C12H14FNO2. The van der Waals surface area contributed by atoms with Crippen molar-refractivity contribution in [2.24, 2.45) is 5.92 Å². The zero-order valence-electron chi connectivity index (χ0n) is 9.11. The van der Waals surface area contributed by atoms with Crippen LogP contribution in [-0.2, 0) is 0 Å². The van der Waals surface area contributed by atoms with Gasteiger partial charge in [0.25, 0.3) is 0 Å². The minimum atomic E-state index is -1.22. The molecule has 1 aromatic rings. The Hall–Kier alpha value is -1.58. The summed E-state index contributed by atoms with van der Waals surface area (Å²) in [6.45, 7) is 3.97. The van der Waals surface area contributed by atoms with Gasteiger partial charge in [-0.15, -0.1) is 0 Å². The maximum atomic E-state index is 13.4. The van der Waals surface area contributed by atoms with Gasteiger partial charge >= 0.3 is 5.97 Å². The quantitative estimate of drug-likeness (QED) is 0.836. The number of anilines is 1. The lowest BCUT2D eigenvalue weighted by atomic mass is 10.1. The third-order valence-electron chi connectivity index (χ3n) is 2.97. The molecular weight excluding hydrogens is 209 g/mol. The van der Waals surface area contributed by atoms with E-state index in [0.717, 1.165) is 25.2 Å². The average molecular weight is 223 g/mol. The molecule has 1 fully saturated rings. The first kappa shape index (κ1) is 10.9. The fraction of sp³-hybridized carbons (Fsp3) is 0.417. The van der Waals surface area contributed by atoms with Crippen molar-refractivity contribution in [3.05, 3.63) is 29.6 Å². The highest BCUT2D eigenvalue weighted by Gasteiger charge is 2.20. The number of rotatable bonds is 2. The van der Waals surface area contributed by atoms with Gasteiger partial charge in [-0.3, -0.25) is 0 Å². The molecule has 86 valence electrons. The first-order valence-corrected chi connectivity index (χ1v) is 5.35. The predicted octanol–water partition coefficient (Wildman–Crippen LogP) is 2.37. The van der Waals surface area contributed by atoms with Crippen LogP contribution in [0.2, 0.25) is 0 Å². The van der Waals surface area contributed by atoms with Crippen molar-refractivity contribution >= 4 is 11.7 Å². The number of aromatic carboxylic acids is 1. The summed E-state index contributed by atoms with van der Waals surface area (Å²) >= 11 is 0. The molecule has 0 aromatic heterocycles. The largest absolute Gasteiger partial charge is 0.478 e. The topological polar surface area (TPSA) is 40.5 Å². The number of nitrogens with zero attached hydrogens (tertiary/aromatic N) is 1. The molecule has 0 saturated carbocycles. The van der Waals surface area contributed by atoms with Crippen molar-refractivity contribution in [1.29, 1.82) is 0 Å². The predicted molar refractivity (Wildman–Crippen MR) is 59.4 cm³/mol. The number of hydrogen-bond acceptors (Lipinski definition) is 2. The van der Waals surface area contributed by atoms with Gasteiger partial charge < -0.3 is 10.0 Å². The van der Waals surface area contributed by atoms with Crippen molar-refractivity contribution in [2.75, 3.05) is 18.0 Å². The van der Waals surface area contributed by atoms with Gasteiger partial charge in [0.2, 0.25) is 0 Å². The molecule has 16 heavy (non-hydrogen) atoms. The second-order valence-corrected chi connectivity index (χ2v) is 4.31. The molecule has 1 atom stereocenters. The van der Waals surface area contributed by atoms with E-state index in [1.807, 2.05) is 0 Å². The molecule has 0 radical (unpaired) electrons. The molecule has 1 aliphatic rings. The highest BCUT2D eigenvalue weighted by Crippen LogP contribution is 2.25. The SMILES string of the molecule is CC1CCN(c2ccc(C(=O)O)c(F)c2)C1. The third kappa shape index (κ3) is 2.01. The molecule has 4 heteroatoms. The first-order chi connectivity index (χ1) is 7.58. The van der Waals surface area contributed by atoms with E-state index in [2.05, 4.69) is 11.8 Å². The Labute approximate surface area is 93.5 Å². The van der Waals surface area contributed by atoms with Crippen molar-refractivity contribution in [2.45, 2.75) is 13.3 Å². The molecule has 1 aliphatic heterocycles. The lowest BCUT2D eigenvalue weighted by Crippen LogP contribution is -2.19. The molecule has 1 heterocycles. The van der Waals surface area contributed by atoms with Crippen molar-refractivity contribution in [3.63, 3.8) is 0 Å². The lowest BCUT2D eigenvalue weighted by molar-refractivity contribution is 0.0692. The zero-order chi connectivity index (χ0) is 11.7. The number of hydrogen-bond donors (Lipinski definition) is 1. The van der Waals surface area contributed by atoms with E-state index in [1.165, 1.54) is 12.1 Å². The zero-order valence-corrected chi connectivity index (χ0v) is 9.11. The van der Waals surface area contributed by atoms with Crippen LogP contribution in [0.5, 0.6) is 0 Å². The minimum absolute atomic E-state index is 0.268.